The van der Waals surface area contributed by atoms with Gasteiger partial charge in [0.15, 0.2) is 0 Å². The lowest BCUT2D eigenvalue weighted by molar-refractivity contribution is -0.146. The first kappa shape index (κ1) is 32.3. The Morgan fingerprint density at radius 1 is 0.596 bits per heavy atom. The lowest BCUT2D eigenvalue weighted by Crippen LogP contribution is -2.13. The first-order valence-corrected chi connectivity index (χ1v) is 17.3. The van der Waals surface area contributed by atoms with Crippen LogP contribution in [0.2, 0.25) is 0 Å². The van der Waals surface area contributed by atoms with Crippen molar-refractivity contribution >= 4 is 70.3 Å². The van der Waals surface area contributed by atoms with Gasteiger partial charge in [-0.2, -0.15) is 0 Å². The summed E-state index contributed by atoms with van der Waals surface area (Å²) in [6.45, 7) is 3.59. The zero-order valence-electron chi connectivity index (χ0n) is 26.2. The van der Waals surface area contributed by atoms with E-state index in [1.54, 1.807) is 49.5 Å². The highest BCUT2D eigenvalue weighted by atomic mass is 32.2. The standard InChI is InChI=1S/C39H30F2O4S2/c1-22-32(17-24-5-11-28(46-3)12-6-24)30-15-9-26(40)19-34(30)38(22)44-36(42)21-37(43)45-39-23(2)33(31-16-10-27(41)20-35(31)39)18-25-7-13-29(47-4)14-8-25/h5-20H,21H2,1-4H3/b32-17+,33-18+. The normalized spacial score (nSPS) is 15.4. The number of allylic oxidation sites excluding steroid dienone is 4. The van der Waals surface area contributed by atoms with Gasteiger partial charge in [-0.25, -0.2) is 8.78 Å². The second kappa shape index (κ2) is 13.6. The molecule has 0 unspecified atom stereocenters. The van der Waals surface area contributed by atoms with Crippen molar-refractivity contribution in [3.05, 3.63) is 141 Å². The second-order valence-electron chi connectivity index (χ2n) is 11.1. The quantitative estimate of drug-likeness (QED) is 0.106. The Balaban J connectivity index is 1.24. The average molecular weight is 665 g/mol. The van der Waals surface area contributed by atoms with Crippen LogP contribution in [0.15, 0.2) is 106 Å². The average Bonchev–Trinajstić information content (AvgIpc) is 3.45. The van der Waals surface area contributed by atoms with Crippen LogP contribution in [0, 0.1) is 11.6 Å². The number of rotatable bonds is 8. The molecule has 0 aliphatic heterocycles. The van der Waals surface area contributed by atoms with Crippen molar-refractivity contribution < 1.29 is 27.8 Å². The third-order valence-corrected chi connectivity index (χ3v) is 9.58. The Bertz CT molecular complexity index is 1890. The van der Waals surface area contributed by atoms with E-state index >= 15 is 0 Å². The van der Waals surface area contributed by atoms with Crippen LogP contribution in [0.5, 0.6) is 0 Å². The second-order valence-corrected chi connectivity index (χ2v) is 12.8. The molecule has 236 valence electrons. The Hall–Kier alpha value is -4.66. The van der Waals surface area contributed by atoms with Crippen LogP contribution in [0.1, 0.15) is 53.6 Å². The molecule has 0 N–H and O–H groups in total. The number of thioether (sulfide) groups is 2. The van der Waals surface area contributed by atoms with Gasteiger partial charge in [0.2, 0.25) is 0 Å². The molecule has 47 heavy (non-hydrogen) atoms. The number of fused-ring (bicyclic) bond motifs is 2. The van der Waals surface area contributed by atoms with Crippen molar-refractivity contribution in [3.63, 3.8) is 0 Å². The van der Waals surface area contributed by atoms with E-state index in [2.05, 4.69) is 0 Å². The Morgan fingerprint density at radius 3 is 1.34 bits per heavy atom. The molecule has 0 saturated heterocycles. The summed E-state index contributed by atoms with van der Waals surface area (Å²) < 4.78 is 40.2. The minimum Gasteiger partial charge on any atom is -0.425 e. The van der Waals surface area contributed by atoms with Crippen molar-refractivity contribution in [1.29, 1.82) is 0 Å². The molecule has 0 saturated carbocycles. The highest BCUT2D eigenvalue weighted by Crippen LogP contribution is 2.45. The van der Waals surface area contributed by atoms with Crippen LogP contribution in [0.25, 0.3) is 34.8 Å². The predicted molar refractivity (Wildman–Crippen MR) is 187 cm³/mol. The topological polar surface area (TPSA) is 52.6 Å². The number of benzene rings is 4. The van der Waals surface area contributed by atoms with Gasteiger partial charge < -0.3 is 9.47 Å². The molecule has 0 amide bonds. The maximum Gasteiger partial charge on any atom is 0.322 e. The Morgan fingerprint density at radius 2 is 0.979 bits per heavy atom. The first-order chi connectivity index (χ1) is 22.6. The minimum atomic E-state index is -0.856. The van der Waals surface area contributed by atoms with Crippen LogP contribution >= 0.6 is 23.5 Å². The van der Waals surface area contributed by atoms with Crippen molar-refractivity contribution in [1.82, 2.24) is 0 Å². The molecule has 2 aliphatic carbocycles. The molecule has 0 bridgehead atoms. The zero-order chi connectivity index (χ0) is 33.2. The third kappa shape index (κ3) is 6.75. The van der Waals surface area contributed by atoms with Gasteiger partial charge in [-0.15, -0.1) is 23.5 Å². The highest BCUT2D eigenvalue weighted by molar-refractivity contribution is 7.98. The van der Waals surface area contributed by atoms with Crippen LogP contribution in [-0.4, -0.2) is 24.5 Å². The fourth-order valence-electron chi connectivity index (χ4n) is 5.72. The van der Waals surface area contributed by atoms with E-state index < -0.39 is 30.0 Å². The molecule has 4 nitrogen and oxygen atoms in total. The molecule has 0 atom stereocenters. The van der Waals surface area contributed by atoms with Crippen LogP contribution in [-0.2, 0) is 19.1 Å². The predicted octanol–water partition coefficient (Wildman–Crippen LogP) is 10.2. The number of hydrogen-bond donors (Lipinski definition) is 0. The van der Waals surface area contributed by atoms with Crippen LogP contribution < -0.4 is 0 Å². The van der Waals surface area contributed by atoms with E-state index in [0.717, 1.165) is 43.2 Å². The van der Waals surface area contributed by atoms with Gasteiger partial charge in [-0.3, -0.25) is 9.59 Å². The molecule has 4 aromatic rings. The number of carbonyl (C=O) groups excluding carboxylic acids is 2. The van der Waals surface area contributed by atoms with Crippen molar-refractivity contribution in [2.24, 2.45) is 0 Å². The first-order valence-electron chi connectivity index (χ1n) is 14.8. The summed E-state index contributed by atoms with van der Waals surface area (Å²) in [5.41, 5.74) is 7.01. The lowest BCUT2D eigenvalue weighted by Gasteiger charge is -2.10. The minimum absolute atomic E-state index is 0.186. The van der Waals surface area contributed by atoms with E-state index in [4.69, 9.17) is 9.47 Å². The summed E-state index contributed by atoms with van der Waals surface area (Å²) in [4.78, 5) is 28.5. The van der Waals surface area contributed by atoms with Crippen LogP contribution in [0.4, 0.5) is 8.78 Å². The van der Waals surface area contributed by atoms with Gasteiger partial charge in [0.05, 0.1) is 0 Å². The number of halogens is 2. The molecular weight excluding hydrogens is 635 g/mol. The van der Waals surface area contributed by atoms with Gasteiger partial charge in [-0.05, 0) is 120 Å². The van der Waals surface area contributed by atoms with E-state index in [1.165, 1.54) is 24.3 Å². The Kier molecular flexibility index (Phi) is 9.34. The summed E-state index contributed by atoms with van der Waals surface area (Å²) in [5, 5.41) is 0. The van der Waals surface area contributed by atoms with E-state index in [-0.39, 0.29) is 11.5 Å². The molecular formula is C39H30F2O4S2. The molecule has 8 heteroatoms. The number of ether oxygens (including phenoxy) is 2. The van der Waals surface area contributed by atoms with E-state index in [9.17, 15) is 18.4 Å². The molecule has 0 heterocycles. The van der Waals surface area contributed by atoms with Crippen molar-refractivity contribution in [3.8, 4) is 0 Å². The van der Waals surface area contributed by atoms with Gasteiger partial charge in [-0.1, -0.05) is 36.4 Å². The van der Waals surface area contributed by atoms with Gasteiger partial charge >= 0.3 is 11.9 Å². The summed E-state index contributed by atoms with van der Waals surface area (Å²) in [6, 6.07) is 24.7. The Labute approximate surface area is 280 Å². The molecule has 2 aliphatic rings. The van der Waals surface area contributed by atoms with Crippen molar-refractivity contribution in [2.45, 2.75) is 30.1 Å². The molecule has 4 aromatic carbocycles. The van der Waals surface area contributed by atoms with Crippen molar-refractivity contribution in [2.75, 3.05) is 12.5 Å². The van der Waals surface area contributed by atoms with E-state index in [1.807, 2.05) is 73.2 Å². The molecule has 6 rings (SSSR count). The lowest BCUT2D eigenvalue weighted by atomic mass is 10.0. The van der Waals surface area contributed by atoms with E-state index in [0.29, 0.717) is 22.3 Å². The molecule has 0 radical (unpaired) electrons. The van der Waals surface area contributed by atoms with Gasteiger partial charge in [0, 0.05) is 32.1 Å². The number of esters is 2. The summed E-state index contributed by atoms with van der Waals surface area (Å²) in [6.07, 6.45) is 7.22. The number of carbonyl (C=O) groups is 2. The molecule has 0 aromatic heterocycles. The fraction of sp³-hybridized carbons (Fsp3) is 0.128. The fourth-order valence-corrected chi connectivity index (χ4v) is 6.53. The zero-order valence-corrected chi connectivity index (χ0v) is 27.8. The largest absolute Gasteiger partial charge is 0.425 e. The SMILES string of the molecule is CSc1ccc(/C=C2\C(C)=C(OC(=O)CC(=O)OC3=C(C)/C(=C\c4ccc(SC)cc4)c4ccc(F)cc43)c3cc(F)ccc32)cc1. The smallest absolute Gasteiger partial charge is 0.322 e. The van der Waals surface area contributed by atoms with Gasteiger partial charge in [0.1, 0.15) is 29.6 Å². The van der Waals surface area contributed by atoms with Crippen LogP contribution in [0.3, 0.4) is 0 Å². The number of hydrogen-bond acceptors (Lipinski definition) is 6. The third-order valence-electron chi connectivity index (χ3n) is 8.10. The maximum atomic E-state index is 14.4. The molecule has 0 spiro atoms. The van der Waals surface area contributed by atoms with Gasteiger partial charge in [0.25, 0.3) is 0 Å². The highest BCUT2D eigenvalue weighted by Gasteiger charge is 2.31. The summed E-state index contributed by atoms with van der Waals surface area (Å²) in [7, 11) is 0. The monoisotopic (exact) mass is 664 g/mol. The summed E-state index contributed by atoms with van der Waals surface area (Å²) in [5.74, 6) is -2.30. The maximum absolute atomic E-state index is 14.4. The molecule has 0 fully saturated rings. The summed E-state index contributed by atoms with van der Waals surface area (Å²) >= 11 is 3.28.